The topological polar surface area (TPSA) is 228 Å². The Morgan fingerprint density at radius 1 is 0.320 bits per heavy atom. The van der Waals surface area contributed by atoms with E-state index in [4.69, 9.17) is 18.9 Å². The van der Waals surface area contributed by atoms with Gasteiger partial charge in [-0.2, -0.15) is 0 Å². The lowest BCUT2D eigenvalue weighted by molar-refractivity contribution is -0.359. The molecule has 0 bridgehead atoms. The number of ether oxygens (including phenoxy) is 4. The van der Waals surface area contributed by atoms with Crippen LogP contribution in [0.25, 0.3) is 0 Å². The summed E-state index contributed by atoms with van der Waals surface area (Å²) in [6, 6.07) is -0.826. The lowest BCUT2D eigenvalue weighted by Gasteiger charge is -2.46. The van der Waals surface area contributed by atoms with Crippen LogP contribution in [0.5, 0.6) is 0 Å². The van der Waals surface area contributed by atoms with Crippen LogP contribution < -0.4 is 5.32 Å². The number of carbonyl (C=O) groups excluding carboxylic acids is 1. The molecule has 12 unspecified atom stereocenters. The number of carbonyl (C=O) groups is 1. The summed E-state index contributed by atoms with van der Waals surface area (Å²) in [6.45, 7) is 2.96. The first kappa shape index (κ1) is 95.1. The first-order valence-corrected chi connectivity index (χ1v) is 44.3. The zero-order valence-electron chi connectivity index (χ0n) is 65.8. The Morgan fingerprint density at radius 3 is 0.850 bits per heavy atom. The van der Waals surface area contributed by atoms with Crippen LogP contribution in [0.2, 0.25) is 0 Å². The predicted octanol–water partition coefficient (Wildman–Crippen LogP) is 21.0. The molecular formula is C86H169NO13. The number of aliphatic hydroxyl groups excluding tert-OH is 8. The molecule has 2 rings (SSSR count). The summed E-state index contributed by atoms with van der Waals surface area (Å²) in [5.74, 6) is -0.194. The second-order valence-corrected chi connectivity index (χ2v) is 31.7. The van der Waals surface area contributed by atoms with E-state index in [0.29, 0.717) is 12.8 Å². The van der Waals surface area contributed by atoms with Crippen molar-refractivity contribution < 1.29 is 64.6 Å². The van der Waals surface area contributed by atoms with Crippen molar-refractivity contribution in [1.29, 1.82) is 0 Å². The van der Waals surface area contributed by atoms with E-state index in [-0.39, 0.29) is 12.5 Å². The summed E-state index contributed by atoms with van der Waals surface area (Å²) in [7, 11) is 0. The number of hydrogen-bond donors (Lipinski definition) is 9. The average Bonchev–Trinajstić information content (AvgIpc) is 0.790. The molecule has 0 spiro atoms. The number of unbranched alkanes of at least 4 members (excludes halogenated alkanes) is 64. The van der Waals surface area contributed by atoms with Crippen LogP contribution in [0.15, 0.2) is 0 Å². The lowest BCUT2D eigenvalue weighted by Crippen LogP contribution is -2.65. The smallest absolute Gasteiger partial charge is 0.220 e. The molecule has 0 aromatic carbocycles. The van der Waals surface area contributed by atoms with Gasteiger partial charge in [0.15, 0.2) is 12.6 Å². The number of nitrogens with one attached hydrogen (secondary N) is 1. The minimum absolute atomic E-state index is 0.194. The third kappa shape index (κ3) is 52.9. The maximum Gasteiger partial charge on any atom is 0.220 e. The Kier molecular flexibility index (Phi) is 67.4. The largest absolute Gasteiger partial charge is 0.394 e. The normalized spacial score (nSPS) is 21.7. The van der Waals surface area contributed by atoms with Crippen LogP contribution >= 0.6 is 0 Å². The summed E-state index contributed by atoms with van der Waals surface area (Å²) >= 11 is 0. The molecule has 596 valence electrons. The van der Waals surface area contributed by atoms with Gasteiger partial charge in [0.05, 0.1) is 32.0 Å². The molecular weight excluding hydrogens is 1250 g/mol. The van der Waals surface area contributed by atoms with Gasteiger partial charge >= 0.3 is 0 Å². The standard InChI is InChI=1S/C86H169NO13/c1-3-5-7-9-11-13-15-17-19-21-23-25-27-29-31-33-34-35-36-37-38-39-40-41-42-44-46-48-50-52-54-56-58-60-62-64-66-68-70-78(91)87-74(73-97-85-83(96)81(94)84(77(72-89)99-85)100-86-82(95)80(93)79(92)76(71-88)98-86)75(90)69-67-65-63-61-59-57-55-53-51-49-47-45-43-32-30-28-26-24-22-20-18-16-14-12-10-8-6-4-2/h74-77,79-86,88-90,92-96H,3-73H2,1-2H3,(H,87,91). The Labute approximate surface area is 616 Å². The van der Waals surface area contributed by atoms with Crippen molar-refractivity contribution in [2.45, 2.75) is 524 Å². The van der Waals surface area contributed by atoms with E-state index in [9.17, 15) is 45.6 Å². The molecule has 1 amide bonds. The van der Waals surface area contributed by atoms with E-state index in [1.54, 1.807) is 0 Å². The van der Waals surface area contributed by atoms with Gasteiger partial charge in [0.1, 0.15) is 48.8 Å². The van der Waals surface area contributed by atoms with Gasteiger partial charge in [-0.05, 0) is 12.8 Å². The summed E-state index contributed by atoms with van der Waals surface area (Å²) in [4.78, 5) is 13.4. The van der Waals surface area contributed by atoms with Gasteiger partial charge in [0, 0.05) is 6.42 Å². The van der Waals surface area contributed by atoms with E-state index in [1.165, 1.54) is 372 Å². The van der Waals surface area contributed by atoms with Gasteiger partial charge in [0.2, 0.25) is 5.91 Å². The summed E-state index contributed by atoms with van der Waals surface area (Å²) in [5, 5.41) is 88.0. The van der Waals surface area contributed by atoms with E-state index in [1.807, 2.05) is 0 Å². The number of rotatable bonds is 77. The maximum absolute atomic E-state index is 13.4. The van der Waals surface area contributed by atoms with Crippen molar-refractivity contribution >= 4 is 5.91 Å². The first-order valence-electron chi connectivity index (χ1n) is 44.3. The third-order valence-corrected chi connectivity index (χ3v) is 22.3. The molecule has 2 saturated heterocycles. The van der Waals surface area contributed by atoms with Crippen molar-refractivity contribution in [3.63, 3.8) is 0 Å². The fourth-order valence-corrected chi connectivity index (χ4v) is 15.4. The van der Waals surface area contributed by atoms with Crippen LogP contribution in [-0.4, -0.2) is 140 Å². The highest BCUT2D eigenvalue weighted by Crippen LogP contribution is 2.31. The Morgan fingerprint density at radius 2 is 0.570 bits per heavy atom. The van der Waals surface area contributed by atoms with Gasteiger partial charge in [-0.3, -0.25) is 4.79 Å². The second kappa shape index (κ2) is 70.9. The zero-order chi connectivity index (χ0) is 72.2. The Balaban J connectivity index is 1.55. The molecule has 14 nitrogen and oxygen atoms in total. The van der Waals surface area contributed by atoms with Crippen LogP contribution in [-0.2, 0) is 23.7 Å². The van der Waals surface area contributed by atoms with Crippen molar-refractivity contribution in [3.05, 3.63) is 0 Å². The average molecular weight is 1430 g/mol. The van der Waals surface area contributed by atoms with Crippen LogP contribution in [0.1, 0.15) is 450 Å². The van der Waals surface area contributed by atoms with E-state index in [2.05, 4.69) is 19.2 Å². The second-order valence-electron chi connectivity index (χ2n) is 31.7. The molecule has 0 aromatic rings. The summed E-state index contributed by atoms with van der Waals surface area (Å²) < 4.78 is 23.0. The fourth-order valence-electron chi connectivity index (χ4n) is 15.4. The molecule has 14 heteroatoms. The molecule has 2 heterocycles. The third-order valence-electron chi connectivity index (χ3n) is 22.3. The molecule has 2 aliphatic rings. The molecule has 12 atom stereocenters. The molecule has 0 aliphatic carbocycles. The van der Waals surface area contributed by atoms with Gasteiger partial charge in [-0.25, -0.2) is 0 Å². The van der Waals surface area contributed by atoms with Gasteiger partial charge in [0.25, 0.3) is 0 Å². The van der Waals surface area contributed by atoms with Gasteiger partial charge in [-0.1, -0.05) is 431 Å². The van der Waals surface area contributed by atoms with Gasteiger partial charge in [-0.15, -0.1) is 0 Å². The van der Waals surface area contributed by atoms with Crippen LogP contribution in [0.3, 0.4) is 0 Å². The number of hydrogen-bond acceptors (Lipinski definition) is 13. The fraction of sp³-hybridized carbons (Fsp3) is 0.988. The van der Waals surface area contributed by atoms with E-state index >= 15 is 0 Å². The van der Waals surface area contributed by atoms with Crippen molar-refractivity contribution in [2.75, 3.05) is 19.8 Å². The van der Waals surface area contributed by atoms with Gasteiger partial charge < -0.3 is 65.1 Å². The number of amides is 1. The monoisotopic (exact) mass is 1420 g/mol. The van der Waals surface area contributed by atoms with Crippen LogP contribution in [0, 0.1) is 0 Å². The summed E-state index contributed by atoms with van der Waals surface area (Å²) in [6.07, 6.45) is 73.3. The Hall–Kier alpha value is -1.01. The van der Waals surface area contributed by atoms with E-state index < -0.39 is 86.8 Å². The Bertz CT molecular complexity index is 1680. The lowest BCUT2D eigenvalue weighted by atomic mass is 9.97. The minimum atomic E-state index is -1.78. The highest BCUT2D eigenvalue weighted by Gasteiger charge is 2.51. The highest BCUT2D eigenvalue weighted by atomic mass is 16.7. The number of aliphatic hydroxyl groups is 8. The highest BCUT2D eigenvalue weighted by molar-refractivity contribution is 5.76. The SMILES string of the molecule is CCCCCCCCCCCCCCCCCCCCCCCCCCCCCCCCCCCCCCCCC(=O)NC(COC1OC(CO)C(OC2OC(CO)C(O)C(O)C2O)C(O)C1O)C(O)CCCCCCCCCCCCCCCCCCCCCCCCCCCCCC. The molecule has 0 aromatic heterocycles. The van der Waals surface area contributed by atoms with Crippen LogP contribution in [0.4, 0.5) is 0 Å². The van der Waals surface area contributed by atoms with Crippen molar-refractivity contribution in [3.8, 4) is 0 Å². The first-order chi connectivity index (χ1) is 49.1. The molecule has 0 saturated carbocycles. The molecule has 100 heavy (non-hydrogen) atoms. The van der Waals surface area contributed by atoms with E-state index in [0.717, 1.165) is 51.4 Å². The minimum Gasteiger partial charge on any atom is -0.394 e. The van der Waals surface area contributed by atoms with Crippen molar-refractivity contribution in [1.82, 2.24) is 5.32 Å². The molecule has 9 N–H and O–H groups in total. The zero-order valence-corrected chi connectivity index (χ0v) is 65.8. The maximum atomic E-state index is 13.4. The quantitative estimate of drug-likeness (QED) is 0.0259. The summed E-state index contributed by atoms with van der Waals surface area (Å²) in [5.41, 5.74) is 0. The molecule has 2 aliphatic heterocycles. The van der Waals surface area contributed by atoms with Crippen molar-refractivity contribution in [2.24, 2.45) is 0 Å². The molecule has 2 fully saturated rings. The predicted molar refractivity (Wildman–Crippen MR) is 416 cm³/mol. The molecule has 0 radical (unpaired) electrons.